The Morgan fingerprint density at radius 2 is 1.83 bits per heavy atom. The Kier molecular flexibility index (Phi) is 5.21. The summed E-state index contributed by atoms with van der Waals surface area (Å²) in [6.45, 7) is 0.997. The molecule has 154 valence electrons. The van der Waals surface area contributed by atoms with Crippen molar-refractivity contribution in [1.29, 1.82) is 0 Å². The van der Waals surface area contributed by atoms with Crippen LogP contribution in [0, 0.1) is 0 Å². The molecule has 6 nitrogen and oxygen atoms in total. The third-order valence-electron chi connectivity index (χ3n) is 5.66. The summed E-state index contributed by atoms with van der Waals surface area (Å²) in [5.41, 5.74) is 1.23. The summed E-state index contributed by atoms with van der Waals surface area (Å²) < 4.78 is 12.9. The zero-order chi connectivity index (χ0) is 20.5. The van der Waals surface area contributed by atoms with Gasteiger partial charge in [0.15, 0.2) is 22.4 Å². The van der Waals surface area contributed by atoms with Gasteiger partial charge in [-0.25, -0.2) is 4.98 Å². The van der Waals surface area contributed by atoms with Crippen LogP contribution in [0.3, 0.4) is 0 Å². The van der Waals surface area contributed by atoms with Crippen molar-refractivity contribution in [2.45, 2.75) is 36.9 Å². The van der Waals surface area contributed by atoms with Crippen molar-refractivity contribution in [3.63, 3.8) is 0 Å². The van der Waals surface area contributed by atoms with Crippen molar-refractivity contribution < 1.29 is 14.3 Å². The van der Waals surface area contributed by atoms with Crippen LogP contribution < -0.4 is 15.0 Å². The van der Waals surface area contributed by atoms with Crippen molar-refractivity contribution in [2.24, 2.45) is 0 Å². The van der Waals surface area contributed by atoms with E-state index in [1.807, 2.05) is 28.8 Å². The highest BCUT2D eigenvalue weighted by Gasteiger charge is 2.24. The Bertz CT molecular complexity index is 1170. The van der Waals surface area contributed by atoms with E-state index in [0.717, 1.165) is 25.7 Å². The number of ketones is 1. The molecule has 0 bridgehead atoms. The van der Waals surface area contributed by atoms with Crippen LogP contribution in [0.5, 0.6) is 11.5 Å². The molecular weight excluding hydrogens is 400 g/mol. The number of thioether (sulfide) groups is 1. The van der Waals surface area contributed by atoms with E-state index < -0.39 is 0 Å². The molecule has 1 saturated carbocycles. The molecule has 1 aromatic heterocycles. The van der Waals surface area contributed by atoms with Crippen LogP contribution in [0.15, 0.2) is 52.4 Å². The monoisotopic (exact) mass is 422 g/mol. The van der Waals surface area contributed by atoms with Gasteiger partial charge in [0.1, 0.15) is 13.2 Å². The smallest absolute Gasteiger partial charge is 0.262 e. The van der Waals surface area contributed by atoms with Gasteiger partial charge < -0.3 is 9.47 Å². The maximum atomic E-state index is 13.2. The Morgan fingerprint density at radius 3 is 2.67 bits per heavy atom. The predicted octanol–water partition coefficient (Wildman–Crippen LogP) is 4.26. The van der Waals surface area contributed by atoms with Gasteiger partial charge in [0.2, 0.25) is 0 Å². The van der Waals surface area contributed by atoms with E-state index in [-0.39, 0.29) is 23.1 Å². The molecule has 2 aliphatic rings. The molecule has 0 N–H and O–H groups in total. The lowest BCUT2D eigenvalue weighted by Gasteiger charge is -2.19. The highest BCUT2D eigenvalue weighted by atomic mass is 32.2. The van der Waals surface area contributed by atoms with E-state index in [2.05, 4.69) is 0 Å². The Balaban J connectivity index is 1.44. The number of hydrogen-bond donors (Lipinski definition) is 0. The van der Waals surface area contributed by atoms with Crippen molar-refractivity contribution in [2.75, 3.05) is 19.0 Å². The first-order chi connectivity index (χ1) is 14.7. The molecule has 0 saturated heterocycles. The number of benzene rings is 2. The summed E-state index contributed by atoms with van der Waals surface area (Å²) in [4.78, 5) is 30.8. The van der Waals surface area contributed by atoms with E-state index in [4.69, 9.17) is 14.5 Å². The fraction of sp³-hybridized carbons (Fsp3) is 0.348. The maximum Gasteiger partial charge on any atom is 0.262 e. The summed E-state index contributed by atoms with van der Waals surface area (Å²) in [6.07, 6.45) is 4.18. The molecule has 0 radical (unpaired) electrons. The molecule has 7 heteroatoms. The molecule has 0 atom stereocenters. The molecule has 1 fully saturated rings. The van der Waals surface area contributed by atoms with E-state index in [1.165, 1.54) is 11.8 Å². The van der Waals surface area contributed by atoms with Crippen LogP contribution in [-0.4, -0.2) is 34.3 Å². The normalized spacial score (nSPS) is 16.1. The Hall–Kier alpha value is -2.80. The van der Waals surface area contributed by atoms with E-state index in [0.29, 0.717) is 46.3 Å². The minimum Gasteiger partial charge on any atom is -0.486 e. The van der Waals surface area contributed by atoms with Crippen LogP contribution >= 0.6 is 11.8 Å². The van der Waals surface area contributed by atoms with Crippen molar-refractivity contribution in [3.05, 3.63) is 58.4 Å². The predicted molar refractivity (Wildman–Crippen MR) is 116 cm³/mol. The van der Waals surface area contributed by atoms with Crippen LogP contribution in [-0.2, 0) is 0 Å². The van der Waals surface area contributed by atoms with Gasteiger partial charge in [-0.1, -0.05) is 36.7 Å². The standard InChI is InChI=1S/C23H22N2O4S/c26-19(15-9-10-20-21(13-15)29-12-11-28-20)14-30-23-24-18-8-4-3-7-17(18)22(27)25(23)16-5-1-2-6-16/h3-4,7-10,13,16H,1-2,5-6,11-12,14H2. The molecule has 0 amide bonds. The number of aromatic nitrogens is 2. The number of nitrogens with zero attached hydrogens (tertiary/aromatic N) is 2. The average Bonchev–Trinajstić information content (AvgIpc) is 3.31. The largest absolute Gasteiger partial charge is 0.486 e. The first-order valence-corrected chi connectivity index (χ1v) is 11.3. The Labute approximate surface area is 178 Å². The second kappa shape index (κ2) is 8.14. The Morgan fingerprint density at radius 1 is 1.07 bits per heavy atom. The third-order valence-corrected chi connectivity index (χ3v) is 6.61. The number of carbonyl (C=O) groups is 1. The number of hydrogen-bond acceptors (Lipinski definition) is 6. The van der Waals surface area contributed by atoms with Gasteiger partial charge in [0.25, 0.3) is 5.56 Å². The van der Waals surface area contributed by atoms with E-state index in [9.17, 15) is 9.59 Å². The zero-order valence-electron chi connectivity index (χ0n) is 16.5. The molecule has 30 heavy (non-hydrogen) atoms. The van der Waals surface area contributed by atoms with Gasteiger partial charge in [0, 0.05) is 11.6 Å². The lowest BCUT2D eigenvalue weighted by molar-refractivity contribution is 0.102. The molecule has 2 aromatic carbocycles. The van der Waals surface area contributed by atoms with Crippen LogP contribution in [0.25, 0.3) is 10.9 Å². The molecule has 3 aromatic rings. The quantitative estimate of drug-likeness (QED) is 0.348. The summed E-state index contributed by atoms with van der Waals surface area (Å²) in [6, 6.07) is 12.8. The molecule has 5 rings (SSSR count). The van der Waals surface area contributed by atoms with Gasteiger partial charge in [-0.05, 0) is 43.2 Å². The van der Waals surface area contributed by atoms with Crippen LogP contribution in [0.4, 0.5) is 0 Å². The molecule has 1 aliphatic carbocycles. The average molecular weight is 423 g/mol. The number of fused-ring (bicyclic) bond motifs is 2. The number of rotatable bonds is 5. The maximum absolute atomic E-state index is 13.2. The molecular formula is C23H22N2O4S. The highest BCUT2D eigenvalue weighted by Crippen LogP contribution is 2.33. The lowest BCUT2D eigenvalue weighted by atomic mass is 10.1. The number of ether oxygens (including phenoxy) is 2. The molecule has 2 heterocycles. The molecule has 1 aliphatic heterocycles. The fourth-order valence-corrected chi connectivity index (χ4v) is 5.10. The minimum atomic E-state index is -0.0302. The SMILES string of the molecule is O=C(CSc1nc2ccccc2c(=O)n1C1CCCC1)c1ccc2c(c1)OCCO2. The summed E-state index contributed by atoms with van der Waals surface area (Å²) in [5.74, 6) is 1.44. The van der Waals surface area contributed by atoms with Crippen molar-refractivity contribution in [1.82, 2.24) is 9.55 Å². The van der Waals surface area contributed by atoms with Gasteiger partial charge >= 0.3 is 0 Å². The molecule has 0 spiro atoms. The summed E-state index contributed by atoms with van der Waals surface area (Å²) in [7, 11) is 0. The summed E-state index contributed by atoms with van der Waals surface area (Å²) in [5, 5.41) is 1.25. The van der Waals surface area contributed by atoms with E-state index >= 15 is 0 Å². The second-order valence-electron chi connectivity index (χ2n) is 7.60. The number of para-hydroxylation sites is 1. The topological polar surface area (TPSA) is 70.4 Å². The van der Waals surface area contributed by atoms with E-state index in [1.54, 1.807) is 18.2 Å². The molecule has 0 unspecified atom stereocenters. The highest BCUT2D eigenvalue weighted by molar-refractivity contribution is 7.99. The summed E-state index contributed by atoms with van der Waals surface area (Å²) >= 11 is 1.33. The van der Waals surface area contributed by atoms with Gasteiger partial charge in [-0.3, -0.25) is 14.2 Å². The first-order valence-electron chi connectivity index (χ1n) is 10.3. The van der Waals surface area contributed by atoms with Crippen LogP contribution in [0.2, 0.25) is 0 Å². The number of Topliss-reactive ketones (excluding diaryl/α,β-unsaturated/α-hetero) is 1. The van der Waals surface area contributed by atoms with Gasteiger partial charge in [-0.2, -0.15) is 0 Å². The third kappa shape index (κ3) is 3.58. The van der Waals surface area contributed by atoms with Gasteiger partial charge in [0.05, 0.1) is 16.7 Å². The van der Waals surface area contributed by atoms with Crippen LogP contribution in [0.1, 0.15) is 42.1 Å². The van der Waals surface area contributed by atoms with Gasteiger partial charge in [-0.15, -0.1) is 0 Å². The first kappa shape index (κ1) is 19.2. The lowest BCUT2D eigenvalue weighted by Crippen LogP contribution is -2.26. The number of carbonyl (C=O) groups excluding carboxylic acids is 1. The zero-order valence-corrected chi connectivity index (χ0v) is 17.3. The van der Waals surface area contributed by atoms with Crippen molar-refractivity contribution in [3.8, 4) is 11.5 Å². The second-order valence-corrected chi connectivity index (χ2v) is 8.54. The fourth-order valence-electron chi connectivity index (χ4n) is 4.14. The van der Waals surface area contributed by atoms with Crippen molar-refractivity contribution >= 4 is 28.4 Å². The minimum absolute atomic E-state index is 0.0122.